The highest BCUT2D eigenvalue weighted by atomic mass is 16.3. The molecule has 2 atom stereocenters. The Morgan fingerprint density at radius 1 is 1.22 bits per heavy atom. The van der Waals surface area contributed by atoms with Crippen LogP contribution in [0.1, 0.15) is 78.6 Å². The third kappa shape index (κ3) is 4.55. The van der Waals surface area contributed by atoms with Gasteiger partial charge in [0.2, 0.25) is 0 Å². The van der Waals surface area contributed by atoms with Crippen LogP contribution in [-0.2, 0) is 0 Å². The van der Waals surface area contributed by atoms with Crippen LogP contribution in [-0.4, -0.2) is 21.9 Å². The second-order valence-electron chi connectivity index (χ2n) is 6.45. The Balaban J connectivity index is 2.44. The van der Waals surface area contributed by atoms with E-state index in [2.05, 4.69) is 20.8 Å². The first-order valence-corrected chi connectivity index (χ1v) is 7.92. The fourth-order valence-electron chi connectivity index (χ4n) is 3.11. The van der Waals surface area contributed by atoms with Gasteiger partial charge in [0.25, 0.3) is 0 Å². The van der Waals surface area contributed by atoms with Crippen LogP contribution < -0.4 is 0 Å². The Kier molecular flexibility index (Phi) is 6.65. The van der Waals surface area contributed by atoms with Crippen molar-refractivity contribution in [3.63, 3.8) is 0 Å². The van der Waals surface area contributed by atoms with Crippen LogP contribution in [0.3, 0.4) is 0 Å². The van der Waals surface area contributed by atoms with E-state index >= 15 is 0 Å². The molecule has 0 heterocycles. The number of aliphatic hydroxyl groups is 2. The highest BCUT2D eigenvalue weighted by molar-refractivity contribution is 4.91. The second-order valence-corrected chi connectivity index (χ2v) is 6.45. The lowest BCUT2D eigenvalue weighted by Gasteiger charge is -2.39. The van der Waals surface area contributed by atoms with Gasteiger partial charge in [0.05, 0.1) is 11.7 Å². The summed E-state index contributed by atoms with van der Waals surface area (Å²) in [6.07, 6.45) is 8.68. The molecule has 0 saturated heterocycles. The molecule has 2 nitrogen and oxygen atoms in total. The van der Waals surface area contributed by atoms with Gasteiger partial charge in [0, 0.05) is 0 Å². The zero-order valence-corrected chi connectivity index (χ0v) is 12.5. The van der Waals surface area contributed by atoms with Gasteiger partial charge in [-0.25, -0.2) is 0 Å². The smallest absolute Gasteiger partial charge is 0.0905 e. The molecule has 1 aliphatic carbocycles. The third-order valence-corrected chi connectivity index (χ3v) is 4.86. The molecule has 1 aliphatic rings. The van der Waals surface area contributed by atoms with E-state index in [1.807, 2.05) is 0 Å². The van der Waals surface area contributed by atoms with Crippen LogP contribution in [0.25, 0.3) is 0 Å². The van der Waals surface area contributed by atoms with E-state index in [1.54, 1.807) is 0 Å². The SMILES string of the molecule is CCCCC(CC)CC(O)C1(O)CCC(C)CC1. The lowest BCUT2D eigenvalue weighted by atomic mass is 9.74. The molecule has 2 N–H and O–H groups in total. The lowest BCUT2D eigenvalue weighted by Crippen LogP contribution is -2.45. The lowest BCUT2D eigenvalue weighted by molar-refractivity contribution is -0.111. The Bertz CT molecular complexity index is 219. The molecule has 1 saturated carbocycles. The van der Waals surface area contributed by atoms with Gasteiger partial charge in [-0.3, -0.25) is 0 Å². The fourth-order valence-corrected chi connectivity index (χ4v) is 3.11. The van der Waals surface area contributed by atoms with Crippen LogP contribution in [0.15, 0.2) is 0 Å². The molecule has 18 heavy (non-hydrogen) atoms. The summed E-state index contributed by atoms with van der Waals surface area (Å²) in [5.74, 6) is 1.28. The molecule has 108 valence electrons. The minimum Gasteiger partial charge on any atom is -0.390 e. The molecule has 0 aliphatic heterocycles. The van der Waals surface area contributed by atoms with Crippen molar-refractivity contribution in [2.45, 2.75) is 90.3 Å². The molecule has 0 amide bonds. The standard InChI is InChI=1S/C16H32O2/c1-4-6-7-14(5-2)12-15(17)16(18)10-8-13(3)9-11-16/h13-15,17-18H,4-12H2,1-3H3. The molecule has 0 aromatic carbocycles. The van der Waals surface area contributed by atoms with E-state index in [4.69, 9.17) is 0 Å². The first kappa shape index (κ1) is 16.0. The zero-order valence-electron chi connectivity index (χ0n) is 12.5. The predicted octanol–water partition coefficient (Wildman–Crippen LogP) is 3.90. The van der Waals surface area contributed by atoms with Crippen LogP contribution in [0.5, 0.6) is 0 Å². The summed E-state index contributed by atoms with van der Waals surface area (Å²) in [7, 11) is 0. The molecule has 1 fully saturated rings. The van der Waals surface area contributed by atoms with Crippen LogP contribution in [0.2, 0.25) is 0 Å². The van der Waals surface area contributed by atoms with E-state index in [-0.39, 0.29) is 0 Å². The van der Waals surface area contributed by atoms with Crippen molar-refractivity contribution >= 4 is 0 Å². The van der Waals surface area contributed by atoms with Gasteiger partial charge in [-0.2, -0.15) is 0 Å². The van der Waals surface area contributed by atoms with E-state index in [9.17, 15) is 10.2 Å². The summed E-state index contributed by atoms with van der Waals surface area (Å²) in [6.45, 7) is 6.64. The Hall–Kier alpha value is -0.0800. The Morgan fingerprint density at radius 2 is 1.83 bits per heavy atom. The summed E-state index contributed by atoms with van der Waals surface area (Å²) in [5, 5.41) is 20.9. The van der Waals surface area contributed by atoms with Gasteiger partial charge in [-0.05, 0) is 43.9 Å². The van der Waals surface area contributed by atoms with Gasteiger partial charge >= 0.3 is 0 Å². The molecule has 0 radical (unpaired) electrons. The van der Waals surface area contributed by atoms with E-state index < -0.39 is 11.7 Å². The summed E-state index contributed by atoms with van der Waals surface area (Å²) in [5.41, 5.74) is -0.799. The average molecular weight is 256 g/mol. The first-order chi connectivity index (χ1) is 8.51. The molecule has 0 bridgehead atoms. The van der Waals surface area contributed by atoms with Crippen molar-refractivity contribution in [1.82, 2.24) is 0 Å². The maximum atomic E-state index is 10.6. The summed E-state index contributed by atoms with van der Waals surface area (Å²) < 4.78 is 0. The third-order valence-electron chi connectivity index (χ3n) is 4.86. The number of rotatable bonds is 7. The van der Waals surface area contributed by atoms with E-state index in [1.165, 1.54) is 19.3 Å². The zero-order chi connectivity index (χ0) is 13.6. The van der Waals surface area contributed by atoms with Crippen LogP contribution in [0, 0.1) is 11.8 Å². The molecule has 2 unspecified atom stereocenters. The van der Waals surface area contributed by atoms with Crippen molar-refractivity contribution in [3.8, 4) is 0 Å². The number of hydrogen-bond acceptors (Lipinski definition) is 2. The molecule has 2 heteroatoms. The van der Waals surface area contributed by atoms with Gasteiger partial charge in [0.15, 0.2) is 0 Å². The Labute approximate surface area is 113 Å². The normalized spacial score (nSPS) is 32.2. The molecular formula is C16H32O2. The second kappa shape index (κ2) is 7.49. The predicted molar refractivity (Wildman–Crippen MR) is 76.5 cm³/mol. The van der Waals surface area contributed by atoms with E-state index in [0.29, 0.717) is 11.8 Å². The molecule has 0 spiro atoms. The molecule has 0 aromatic rings. The molecule has 0 aromatic heterocycles. The van der Waals surface area contributed by atoms with Crippen molar-refractivity contribution in [3.05, 3.63) is 0 Å². The van der Waals surface area contributed by atoms with Crippen molar-refractivity contribution in [2.75, 3.05) is 0 Å². The highest BCUT2D eigenvalue weighted by Crippen LogP contribution is 2.36. The maximum Gasteiger partial charge on any atom is 0.0905 e. The maximum absolute atomic E-state index is 10.6. The Morgan fingerprint density at radius 3 is 2.33 bits per heavy atom. The highest BCUT2D eigenvalue weighted by Gasteiger charge is 2.39. The van der Waals surface area contributed by atoms with E-state index in [0.717, 1.165) is 38.5 Å². The monoisotopic (exact) mass is 256 g/mol. The van der Waals surface area contributed by atoms with Crippen molar-refractivity contribution in [2.24, 2.45) is 11.8 Å². The number of aliphatic hydroxyl groups excluding tert-OH is 1. The fraction of sp³-hybridized carbons (Fsp3) is 1.00. The topological polar surface area (TPSA) is 40.5 Å². The number of hydrogen-bond donors (Lipinski definition) is 2. The minimum atomic E-state index is -0.799. The summed E-state index contributed by atoms with van der Waals surface area (Å²) >= 11 is 0. The quantitative estimate of drug-likeness (QED) is 0.725. The van der Waals surface area contributed by atoms with Gasteiger partial charge in [0.1, 0.15) is 0 Å². The van der Waals surface area contributed by atoms with Crippen molar-refractivity contribution < 1.29 is 10.2 Å². The largest absolute Gasteiger partial charge is 0.390 e. The summed E-state index contributed by atoms with van der Waals surface area (Å²) in [4.78, 5) is 0. The number of unbranched alkanes of at least 4 members (excludes halogenated alkanes) is 1. The first-order valence-electron chi connectivity index (χ1n) is 7.92. The summed E-state index contributed by atoms with van der Waals surface area (Å²) in [6, 6.07) is 0. The van der Waals surface area contributed by atoms with Crippen molar-refractivity contribution in [1.29, 1.82) is 0 Å². The van der Waals surface area contributed by atoms with Crippen LogP contribution in [0.4, 0.5) is 0 Å². The minimum absolute atomic E-state index is 0.521. The molecular weight excluding hydrogens is 224 g/mol. The van der Waals surface area contributed by atoms with Crippen LogP contribution >= 0.6 is 0 Å². The van der Waals surface area contributed by atoms with Gasteiger partial charge in [-0.15, -0.1) is 0 Å². The average Bonchev–Trinajstić information content (AvgIpc) is 2.37. The van der Waals surface area contributed by atoms with Gasteiger partial charge < -0.3 is 10.2 Å². The molecule has 1 rings (SSSR count). The van der Waals surface area contributed by atoms with Gasteiger partial charge in [-0.1, -0.05) is 46.5 Å².